The molecular weight excluding hydrogens is 406 g/mol. The Morgan fingerprint density at radius 2 is 1.69 bits per heavy atom. The highest BCUT2D eigenvalue weighted by Gasteiger charge is 2.17. The number of ketones is 1. The normalized spacial score (nSPS) is 11.9. The fraction of sp³-hybridized carbons (Fsp3) is 0.200. The topological polar surface area (TPSA) is 90.3 Å². The molecule has 32 heavy (non-hydrogen) atoms. The fourth-order valence-corrected chi connectivity index (χ4v) is 3.17. The van der Waals surface area contributed by atoms with Gasteiger partial charge in [0, 0.05) is 28.6 Å². The molecule has 0 bridgehead atoms. The number of Topliss-reactive ketones (excluding diaryl/α,β-unsaturated/α-hetero) is 1. The monoisotopic (exact) mass is 431 g/mol. The molecule has 164 valence electrons. The van der Waals surface area contributed by atoms with Crippen molar-refractivity contribution in [2.45, 2.75) is 33.8 Å². The number of amides is 1. The number of ether oxygens (including phenoxy) is 1. The minimum atomic E-state index is -0.992. The summed E-state index contributed by atoms with van der Waals surface area (Å²) in [5.74, 6) is -1.16. The van der Waals surface area contributed by atoms with Crippen molar-refractivity contribution in [2.75, 3.05) is 5.32 Å². The molecule has 7 nitrogen and oxygen atoms in total. The van der Waals surface area contributed by atoms with Crippen LogP contribution < -0.4 is 5.32 Å². The number of aromatic nitrogens is 2. The molecule has 1 heterocycles. The second-order valence-corrected chi connectivity index (χ2v) is 7.37. The molecule has 1 atom stereocenters. The van der Waals surface area contributed by atoms with Gasteiger partial charge in [0.25, 0.3) is 5.91 Å². The Morgan fingerprint density at radius 3 is 2.31 bits per heavy atom. The van der Waals surface area contributed by atoms with Gasteiger partial charge in [-0.1, -0.05) is 18.2 Å². The Kier molecular flexibility index (Phi) is 7.00. The molecule has 0 unspecified atom stereocenters. The highest BCUT2D eigenvalue weighted by molar-refractivity contribution is 5.98. The van der Waals surface area contributed by atoms with Crippen LogP contribution in [-0.2, 0) is 14.3 Å². The van der Waals surface area contributed by atoms with Gasteiger partial charge in [0.15, 0.2) is 11.9 Å². The zero-order chi connectivity index (χ0) is 23.3. The molecule has 1 amide bonds. The van der Waals surface area contributed by atoms with Crippen LogP contribution in [0.4, 0.5) is 5.69 Å². The molecule has 3 aromatic rings. The molecule has 0 saturated carbocycles. The molecule has 0 fully saturated rings. The number of para-hydroxylation sites is 1. The number of rotatable bonds is 7. The van der Waals surface area contributed by atoms with Crippen LogP contribution in [0.15, 0.2) is 60.7 Å². The third kappa shape index (κ3) is 5.37. The van der Waals surface area contributed by atoms with Crippen molar-refractivity contribution < 1.29 is 19.1 Å². The molecule has 0 radical (unpaired) electrons. The third-order valence-corrected chi connectivity index (χ3v) is 4.96. The van der Waals surface area contributed by atoms with Gasteiger partial charge in [-0.05, 0) is 70.2 Å². The summed E-state index contributed by atoms with van der Waals surface area (Å²) >= 11 is 0. The van der Waals surface area contributed by atoms with Crippen LogP contribution in [0.2, 0.25) is 0 Å². The number of esters is 1. The van der Waals surface area contributed by atoms with E-state index in [1.165, 1.54) is 19.9 Å². The average molecular weight is 431 g/mol. The first-order chi connectivity index (χ1) is 15.3. The SMILES string of the molecule is CC(=O)c1ccc(NC(=O)[C@@H](C)OC(=O)/C=C/c2c(C)nn(-c3ccccc3)c2C)cc1. The molecule has 0 spiro atoms. The lowest BCUT2D eigenvalue weighted by Crippen LogP contribution is -2.29. The number of nitrogens with one attached hydrogen (secondary N) is 1. The van der Waals surface area contributed by atoms with Crippen LogP contribution in [0, 0.1) is 13.8 Å². The molecule has 0 aliphatic heterocycles. The molecule has 3 rings (SSSR count). The largest absolute Gasteiger partial charge is 0.449 e. The van der Waals surface area contributed by atoms with Gasteiger partial charge in [-0.2, -0.15) is 5.10 Å². The van der Waals surface area contributed by atoms with Gasteiger partial charge in [-0.3, -0.25) is 9.59 Å². The molecule has 1 N–H and O–H groups in total. The van der Waals surface area contributed by atoms with Crippen molar-refractivity contribution in [3.8, 4) is 5.69 Å². The fourth-order valence-electron chi connectivity index (χ4n) is 3.17. The highest BCUT2D eigenvalue weighted by Crippen LogP contribution is 2.19. The summed E-state index contributed by atoms with van der Waals surface area (Å²) in [6.45, 7) is 6.75. The van der Waals surface area contributed by atoms with Crippen molar-refractivity contribution in [3.05, 3.63) is 83.2 Å². The first kappa shape index (κ1) is 22.7. The van der Waals surface area contributed by atoms with E-state index >= 15 is 0 Å². The number of hydrogen-bond donors (Lipinski definition) is 1. The quantitative estimate of drug-likeness (QED) is 0.343. The standard InChI is InChI=1S/C25H25N3O4/c1-16-23(17(2)28(27-16)22-8-6-5-7-9-22)14-15-24(30)32-19(4)25(31)26-21-12-10-20(11-13-21)18(3)29/h5-15,19H,1-4H3,(H,26,31)/b15-14+/t19-/m1/s1. The van der Waals surface area contributed by atoms with E-state index in [9.17, 15) is 14.4 Å². The van der Waals surface area contributed by atoms with Crippen LogP contribution in [0.25, 0.3) is 11.8 Å². The second-order valence-electron chi connectivity index (χ2n) is 7.37. The number of hydrogen-bond acceptors (Lipinski definition) is 5. The summed E-state index contributed by atoms with van der Waals surface area (Å²) < 4.78 is 7.03. The Hall–Kier alpha value is -4.00. The Bertz CT molecular complexity index is 1160. The van der Waals surface area contributed by atoms with Gasteiger partial charge in [-0.25, -0.2) is 9.48 Å². The van der Waals surface area contributed by atoms with Crippen LogP contribution in [0.1, 0.15) is 41.2 Å². The Labute approximate surface area is 186 Å². The molecule has 0 aliphatic carbocycles. The first-order valence-electron chi connectivity index (χ1n) is 10.2. The van der Waals surface area contributed by atoms with Crippen molar-refractivity contribution in [3.63, 3.8) is 0 Å². The summed E-state index contributed by atoms with van der Waals surface area (Å²) in [7, 11) is 0. The molecule has 1 aromatic heterocycles. The lowest BCUT2D eigenvalue weighted by atomic mass is 10.1. The highest BCUT2D eigenvalue weighted by atomic mass is 16.5. The third-order valence-electron chi connectivity index (χ3n) is 4.96. The van der Waals surface area contributed by atoms with E-state index in [0.29, 0.717) is 11.3 Å². The minimum absolute atomic E-state index is 0.0586. The Balaban J connectivity index is 1.62. The van der Waals surface area contributed by atoms with Crippen molar-refractivity contribution in [1.29, 1.82) is 0 Å². The smallest absolute Gasteiger partial charge is 0.331 e. The second kappa shape index (κ2) is 9.87. The van der Waals surface area contributed by atoms with Gasteiger partial charge in [0.2, 0.25) is 0 Å². The van der Waals surface area contributed by atoms with E-state index in [4.69, 9.17) is 4.74 Å². The number of anilines is 1. The summed E-state index contributed by atoms with van der Waals surface area (Å²) in [5.41, 5.74) is 4.46. The van der Waals surface area contributed by atoms with E-state index in [1.54, 1.807) is 30.3 Å². The van der Waals surface area contributed by atoms with Crippen LogP contribution in [0.3, 0.4) is 0 Å². The molecule has 2 aromatic carbocycles. The maximum Gasteiger partial charge on any atom is 0.331 e. The average Bonchev–Trinajstić information content (AvgIpc) is 3.06. The summed E-state index contributed by atoms with van der Waals surface area (Å²) in [4.78, 5) is 35.9. The molecule has 0 saturated heterocycles. The maximum absolute atomic E-state index is 12.3. The van der Waals surface area contributed by atoms with Crippen molar-refractivity contribution >= 4 is 29.4 Å². The number of carbonyl (C=O) groups excluding carboxylic acids is 3. The van der Waals surface area contributed by atoms with Crippen molar-refractivity contribution in [2.24, 2.45) is 0 Å². The van der Waals surface area contributed by atoms with E-state index in [1.807, 2.05) is 48.9 Å². The molecule has 0 aliphatic rings. The first-order valence-corrected chi connectivity index (χ1v) is 10.2. The van der Waals surface area contributed by atoms with Crippen LogP contribution >= 0.6 is 0 Å². The molecule has 7 heteroatoms. The van der Waals surface area contributed by atoms with E-state index in [0.717, 1.165) is 22.6 Å². The number of carbonyl (C=O) groups is 3. The lowest BCUT2D eigenvalue weighted by Gasteiger charge is -2.12. The van der Waals surface area contributed by atoms with Gasteiger partial charge in [-0.15, -0.1) is 0 Å². The number of aryl methyl sites for hydroxylation is 1. The maximum atomic E-state index is 12.3. The van der Waals surface area contributed by atoms with Crippen LogP contribution in [0.5, 0.6) is 0 Å². The van der Waals surface area contributed by atoms with E-state index < -0.39 is 18.0 Å². The summed E-state index contributed by atoms with van der Waals surface area (Å²) in [6.07, 6.45) is 1.94. The van der Waals surface area contributed by atoms with Crippen LogP contribution in [-0.4, -0.2) is 33.5 Å². The lowest BCUT2D eigenvalue weighted by molar-refractivity contribution is -0.148. The predicted molar refractivity (Wildman–Crippen MR) is 123 cm³/mol. The Morgan fingerprint density at radius 1 is 1.03 bits per heavy atom. The minimum Gasteiger partial charge on any atom is -0.449 e. The van der Waals surface area contributed by atoms with Crippen molar-refractivity contribution in [1.82, 2.24) is 9.78 Å². The van der Waals surface area contributed by atoms with Gasteiger partial charge < -0.3 is 10.1 Å². The van der Waals surface area contributed by atoms with Gasteiger partial charge in [0.1, 0.15) is 0 Å². The summed E-state index contributed by atoms with van der Waals surface area (Å²) in [6, 6.07) is 16.2. The van der Waals surface area contributed by atoms with Gasteiger partial charge in [0.05, 0.1) is 11.4 Å². The zero-order valence-electron chi connectivity index (χ0n) is 18.5. The number of benzene rings is 2. The van der Waals surface area contributed by atoms with E-state index in [2.05, 4.69) is 10.4 Å². The van der Waals surface area contributed by atoms with Gasteiger partial charge >= 0.3 is 5.97 Å². The predicted octanol–water partition coefficient (Wildman–Crippen LogP) is 4.28. The molecular formula is C25H25N3O4. The number of nitrogens with zero attached hydrogens (tertiary/aromatic N) is 2. The summed E-state index contributed by atoms with van der Waals surface area (Å²) in [5, 5.41) is 7.20. The zero-order valence-corrected chi connectivity index (χ0v) is 18.5. The van der Waals surface area contributed by atoms with E-state index in [-0.39, 0.29) is 5.78 Å².